The van der Waals surface area contributed by atoms with Crippen LogP contribution in [0.25, 0.3) is 6.08 Å². The Hall–Kier alpha value is -2.32. The lowest BCUT2D eigenvalue weighted by atomic mass is 10.2. The van der Waals surface area contributed by atoms with Crippen molar-refractivity contribution in [3.8, 4) is 11.5 Å². The van der Waals surface area contributed by atoms with Gasteiger partial charge in [0.15, 0.2) is 16.7 Å². The number of benzene rings is 2. The van der Waals surface area contributed by atoms with Gasteiger partial charge in [-0.25, -0.2) is 9.38 Å². The molecule has 0 aliphatic carbocycles. The minimum atomic E-state index is -0.333. The number of ether oxygens (including phenoxy) is 2. The molecule has 1 fully saturated rings. The number of hydrogen-bond acceptors (Lipinski definition) is 5. The highest BCUT2D eigenvalue weighted by molar-refractivity contribution is 9.10. The number of carbonyl (C=O) groups is 1. The van der Waals surface area contributed by atoms with Crippen LogP contribution in [0.3, 0.4) is 0 Å². The number of thioether (sulfide) groups is 1. The maximum atomic E-state index is 12.9. The van der Waals surface area contributed by atoms with Gasteiger partial charge in [-0.2, -0.15) is 0 Å². The zero-order valence-electron chi connectivity index (χ0n) is 12.6. The van der Waals surface area contributed by atoms with Crippen molar-refractivity contribution < 1.29 is 18.7 Å². The van der Waals surface area contributed by atoms with Crippen LogP contribution in [0.15, 0.2) is 50.8 Å². The molecule has 0 radical (unpaired) electrons. The van der Waals surface area contributed by atoms with Crippen molar-refractivity contribution in [3.05, 3.63) is 57.2 Å². The van der Waals surface area contributed by atoms with Crippen LogP contribution >= 0.6 is 27.7 Å². The predicted molar refractivity (Wildman–Crippen MR) is 97.5 cm³/mol. The monoisotopic (exact) mass is 420 g/mol. The van der Waals surface area contributed by atoms with E-state index in [2.05, 4.69) is 26.2 Å². The second kappa shape index (κ2) is 6.53. The summed E-state index contributed by atoms with van der Waals surface area (Å²) in [6.07, 6.45) is 1.75. The van der Waals surface area contributed by atoms with E-state index in [1.165, 1.54) is 23.9 Å². The number of amidine groups is 1. The normalized spacial score (nSPS) is 18.9. The molecule has 1 amide bonds. The number of fused-ring (bicyclic) bond motifs is 1. The molecule has 8 heteroatoms. The van der Waals surface area contributed by atoms with E-state index in [1.807, 2.05) is 6.07 Å². The van der Waals surface area contributed by atoms with Crippen LogP contribution in [0.4, 0.5) is 10.1 Å². The largest absolute Gasteiger partial charge is 0.454 e. The molecule has 2 aliphatic rings. The highest BCUT2D eigenvalue weighted by Gasteiger charge is 2.25. The van der Waals surface area contributed by atoms with E-state index in [0.29, 0.717) is 27.3 Å². The van der Waals surface area contributed by atoms with Crippen LogP contribution in [0.5, 0.6) is 11.5 Å². The van der Waals surface area contributed by atoms with Gasteiger partial charge in [0.1, 0.15) is 5.82 Å². The summed E-state index contributed by atoms with van der Waals surface area (Å²) in [4.78, 5) is 17.0. The van der Waals surface area contributed by atoms with Gasteiger partial charge >= 0.3 is 0 Å². The third kappa shape index (κ3) is 3.40. The molecule has 1 N–H and O–H groups in total. The molecule has 2 heterocycles. The van der Waals surface area contributed by atoms with Crippen LogP contribution < -0.4 is 14.8 Å². The summed E-state index contributed by atoms with van der Waals surface area (Å²) < 4.78 is 24.4. The van der Waals surface area contributed by atoms with E-state index in [4.69, 9.17) is 9.47 Å². The first-order valence-electron chi connectivity index (χ1n) is 7.23. The van der Waals surface area contributed by atoms with Crippen LogP contribution in [0.2, 0.25) is 0 Å². The van der Waals surface area contributed by atoms with E-state index in [-0.39, 0.29) is 18.5 Å². The molecule has 0 spiro atoms. The predicted octanol–water partition coefficient (Wildman–Crippen LogP) is 4.21. The van der Waals surface area contributed by atoms with Crippen LogP contribution in [0, 0.1) is 5.82 Å². The quantitative estimate of drug-likeness (QED) is 0.739. The third-order valence-corrected chi connectivity index (χ3v) is 5.08. The molecule has 0 unspecified atom stereocenters. The van der Waals surface area contributed by atoms with E-state index in [0.717, 1.165) is 10.0 Å². The van der Waals surface area contributed by atoms with Gasteiger partial charge in [0.2, 0.25) is 6.79 Å². The van der Waals surface area contributed by atoms with E-state index < -0.39 is 0 Å². The van der Waals surface area contributed by atoms with Crippen molar-refractivity contribution in [2.24, 2.45) is 4.99 Å². The smallest absolute Gasteiger partial charge is 0.264 e. The summed E-state index contributed by atoms with van der Waals surface area (Å²) >= 11 is 4.68. The van der Waals surface area contributed by atoms with Crippen LogP contribution in [-0.2, 0) is 4.79 Å². The Morgan fingerprint density at radius 3 is 2.68 bits per heavy atom. The number of halogens is 2. The first-order chi connectivity index (χ1) is 12.1. The maximum absolute atomic E-state index is 12.9. The van der Waals surface area contributed by atoms with Crippen molar-refractivity contribution in [2.75, 3.05) is 6.79 Å². The number of amides is 1. The zero-order valence-corrected chi connectivity index (χ0v) is 15.0. The summed E-state index contributed by atoms with van der Waals surface area (Å²) in [6.45, 7) is 0.186. The van der Waals surface area contributed by atoms with Crippen molar-refractivity contribution in [1.29, 1.82) is 0 Å². The number of hydrogen-bond donors (Lipinski definition) is 1. The minimum Gasteiger partial charge on any atom is -0.454 e. The Bertz CT molecular complexity index is 928. The highest BCUT2D eigenvalue weighted by atomic mass is 79.9. The Morgan fingerprint density at radius 1 is 1.20 bits per heavy atom. The highest BCUT2D eigenvalue weighted by Crippen LogP contribution is 2.39. The fourth-order valence-electron chi connectivity index (χ4n) is 2.30. The number of nitrogens with one attached hydrogen (secondary N) is 1. The fraction of sp³-hybridized carbons (Fsp3) is 0.0588. The molecule has 2 aromatic rings. The summed E-state index contributed by atoms with van der Waals surface area (Å²) in [7, 11) is 0. The Labute approximate surface area is 155 Å². The van der Waals surface area contributed by atoms with E-state index >= 15 is 0 Å². The second-order valence-corrected chi connectivity index (χ2v) is 7.07. The van der Waals surface area contributed by atoms with Crippen molar-refractivity contribution >= 4 is 50.5 Å². The summed E-state index contributed by atoms with van der Waals surface area (Å²) in [5.74, 6) is 0.727. The van der Waals surface area contributed by atoms with Crippen molar-refractivity contribution in [2.45, 2.75) is 0 Å². The fourth-order valence-corrected chi connectivity index (χ4v) is 3.57. The van der Waals surface area contributed by atoms with Gasteiger partial charge in [0.05, 0.1) is 10.6 Å². The Morgan fingerprint density at radius 2 is 1.92 bits per heavy atom. The van der Waals surface area contributed by atoms with Gasteiger partial charge < -0.3 is 14.8 Å². The van der Waals surface area contributed by atoms with Gasteiger partial charge in [-0.1, -0.05) is 15.9 Å². The molecule has 126 valence electrons. The average Bonchev–Trinajstić information content (AvgIpc) is 3.16. The molecular weight excluding hydrogens is 411 g/mol. The zero-order chi connectivity index (χ0) is 17.4. The molecule has 0 bridgehead atoms. The third-order valence-electron chi connectivity index (χ3n) is 3.49. The molecule has 0 atom stereocenters. The van der Waals surface area contributed by atoms with E-state index in [9.17, 15) is 9.18 Å². The SMILES string of the molecule is O=C1NC(=Nc2ccc(F)cc2)S/C1=C/c1cc2c(cc1Br)OCO2. The summed E-state index contributed by atoms with van der Waals surface area (Å²) in [5.41, 5.74) is 1.36. The van der Waals surface area contributed by atoms with Crippen molar-refractivity contribution in [1.82, 2.24) is 5.32 Å². The molecule has 0 saturated carbocycles. The Kier molecular flexibility index (Phi) is 4.22. The van der Waals surface area contributed by atoms with E-state index in [1.54, 1.807) is 24.3 Å². The first-order valence-corrected chi connectivity index (χ1v) is 8.84. The van der Waals surface area contributed by atoms with Gasteiger partial charge in [-0.15, -0.1) is 0 Å². The van der Waals surface area contributed by atoms with Crippen molar-refractivity contribution in [3.63, 3.8) is 0 Å². The summed E-state index contributed by atoms with van der Waals surface area (Å²) in [5, 5.41) is 3.14. The standard InChI is InChI=1S/C17H10BrFN2O3S/c18-12-7-14-13(23-8-24-14)5-9(12)6-15-16(22)21-17(25-15)20-11-3-1-10(19)2-4-11/h1-7H,8H2,(H,20,21,22)/b15-6+. The lowest BCUT2D eigenvalue weighted by Gasteiger charge is -2.02. The van der Waals surface area contributed by atoms with Crippen LogP contribution in [-0.4, -0.2) is 17.9 Å². The number of aliphatic imine (C=N–C) groups is 1. The minimum absolute atomic E-state index is 0.186. The Balaban J connectivity index is 1.60. The van der Waals surface area contributed by atoms with Gasteiger partial charge in [-0.05, 0) is 59.8 Å². The molecule has 4 rings (SSSR count). The molecule has 5 nitrogen and oxygen atoms in total. The van der Waals surface area contributed by atoms with Gasteiger partial charge in [-0.3, -0.25) is 4.79 Å². The molecule has 25 heavy (non-hydrogen) atoms. The second-order valence-electron chi connectivity index (χ2n) is 5.19. The topological polar surface area (TPSA) is 59.9 Å². The lowest BCUT2D eigenvalue weighted by molar-refractivity contribution is -0.115. The lowest BCUT2D eigenvalue weighted by Crippen LogP contribution is -2.19. The first kappa shape index (κ1) is 16.2. The molecule has 2 aliphatic heterocycles. The number of nitrogens with zero attached hydrogens (tertiary/aromatic N) is 1. The maximum Gasteiger partial charge on any atom is 0.264 e. The van der Waals surface area contributed by atoms with Gasteiger partial charge in [0.25, 0.3) is 5.91 Å². The average molecular weight is 421 g/mol. The molecule has 2 aromatic carbocycles. The number of rotatable bonds is 2. The van der Waals surface area contributed by atoms with Gasteiger partial charge in [0, 0.05) is 4.47 Å². The molecule has 1 saturated heterocycles. The summed E-state index contributed by atoms with van der Waals surface area (Å²) in [6, 6.07) is 9.35. The number of carbonyl (C=O) groups excluding carboxylic acids is 1. The van der Waals surface area contributed by atoms with Crippen LogP contribution in [0.1, 0.15) is 5.56 Å². The molecule has 0 aromatic heterocycles. The molecular formula is C17H10BrFN2O3S.